The smallest absolute Gasteiger partial charge is 0.240 e. The van der Waals surface area contributed by atoms with Crippen molar-refractivity contribution in [1.29, 1.82) is 0 Å². The van der Waals surface area contributed by atoms with Gasteiger partial charge in [-0.25, -0.2) is 5.43 Å². The molecule has 0 spiro atoms. The van der Waals surface area contributed by atoms with Crippen LogP contribution in [0, 0.1) is 18.8 Å². The van der Waals surface area contributed by atoms with Crippen LogP contribution in [0.5, 0.6) is 5.75 Å². The Hall–Kier alpha value is -1.84. The molecule has 2 N–H and O–H groups in total. The highest BCUT2D eigenvalue weighted by Crippen LogP contribution is 2.26. The van der Waals surface area contributed by atoms with Gasteiger partial charge in [-0.1, -0.05) is 13.8 Å². The second kappa shape index (κ2) is 4.80. The molecule has 0 bridgehead atoms. The van der Waals surface area contributed by atoms with E-state index in [1.165, 1.54) is 0 Å². The second-order valence-corrected chi connectivity index (χ2v) is 5.09. The van der Waals surface area contributed by atoms with Gasteiger partial charge in [0.2, 0.25) is 5.91 Å². The Balaban J connectivity index is 2.40. The van der Waals surface area contributed by atoms with E-state index in [0.29, 0.717) is 12.3 Å². The molecule has 1 aliphatic heterocycles. The van der Waals surface area contributed by atoms with Gasteiger partial charge in [0.05, 0.1) is 5.71 Å². The Labute approximate surface area is 107 Å². The summed E-state index contributed by atoms with van der Waals surface area (Å²) in [6.45, 7) is 6.03. The minimum atomic E-state index is -0.0343. The lowest BCUT2D eigenvalue weighted by atomic mass is 9.83. The van der Waals surface area contributed by atoms with Crippen LogP contribution in [-0.2, 0) is 4.79 Å². The Bertz CT molecular complexity index is 507. The fourth-order valence-corrected chi connectivity index (χ4v) is 2.19. The number of rotatable bonds is 2. The zero-order chi connectivity index (χ0) is 13.3. The lowest BCUT2D eigenvalue weighted by Gasteiger charge is -2.26. The number of carbonyl (C=O) groups excluding carboxylic acids is 1. The first-order valence-corrected chi connectivity index (χ1v) is 6.15. The van der Waals surface area contributed by atoms with Gasteiger partial charge in [0.1, 0.15) is 5.75 Å². The third-order valence-electron chi connectivity index (χ3n) is 3.35. The molecule has 1 atom stereocenters. The van der Waals surface area contributed by atoms with Crippen LogP contribution in [0.4, 0.5) is 0 Å². The van der Waals surface area contributed by atoms with E-state index >= 15 is 0 Å². The van der Waals surface area contributed by atoms with Crippen molar-refractivity contribution in [3.05, 3.63) is 29.3 Å². The molecule has 18 heavy (non-hydrogen) atoms. The van der Waals surface area contributed by atoms with Gasteiger partial charge in [-0.3, -0.25) is 4.79 Å². The normalized spacial score (nSPS) is 19.7. The molecule has 4 heteroatoms. The first-order chi connectivity index (χ1) is 8.49. The van der Waals surface area contributed by atoms with Crippen molar-refractivity contribution in [1.82, 2.24) is 5.43 Å². The molecule has 0 radical (unpaired) electrons. The summed E-state index contributed by atoms with van der Waals surface area (Å²) >= 11 is 0. The second-order valence-electron chi connectivity index (χ2n) is 5.09. The molecule has 96 valence electrons. The van der Waals surface area contributed by atoms with Crippen molar-refractivity contribution in [3.8, 4) is 5.75 Å². The third kappa shape index (κ3) is 2.37. The van der Waals surface area contributed by atoms with Crippen molar-refractivity contribution in [3.63, 3.8) is 0 Å². The topological polar surface area (TPSA) is 61.7 Å². The van der Waals surface area contributed by atoms with E-state index in [9.17, 15) is 9.90 Å². The average molecular weight is 246 g/mol. The predicted octanol–water partition coefficient (Wildman–Crippen LogP) is 2.20. The van der Waals surface area contributed by atoms with E-state index in [2.05, 4.69) is 24.4 Å². The highest BCUT2D eigenvalue weighted by atomic mass is 16.3. The van der Waals surface area contributed by atoms with E-state index in [-0.39, 0.29) is 17.6 Å². The van der Waals surface area contributed by atoms with Crippen LogP contribution in [0.2, 0.25) is 0 Å². The standard InChI is InChI=1S/C14H18N2O2/c1-8(2)11-7-13(18)15-16-14(11)10-4-5-12(17)9(3)6-10/h4-6,8,11,17H,7H2,1-3H3,(H,15,18). The Kier molecular flexibility index (Phi) is 3.36. The molecular formula is C14H18N2O2. The molecule has 0 fully saturated rings. The lowest BCUT2D eigenvalue weighted by molar-refractivity contribution is -0.122. The minimum absolute atomic E-state index is 0.0343. The van der Waals surface area contributed by atoms with Crippen molar-refractivity contribution < 1.29 is 9.90 Å². The van der Waals surface area contributed by atoms with Crippen LogP contribution in [0.1, 0.15) is 31.4 Å². The summed E-state index contributed by atoms with van der Waals surface area (Å²) in [5.74, 6) is 0.722. The lowest BCUT2D eigenvalue weighted by Crippen LogP contribution is -2.35. The predicted molar refractivity (Wildman–Crippen MR) is 70.5 cm³/mol. The first-order valence-electron chi connectivity index (χ1n) is 6.15. The van der Waals surface area contributed by atoms with Crippen LogP contribution >= 0.6 is 0 Å². The molecule has 1 aliphatic rings. The monoisotopic (exact) mass is 246 g/mol. The number of benzene rings is 1. The summed E-state index contributed by atoms with van der Waals surface area (Å²) < 4.78 is 0. The number of nitrogens with one attached hydrogen (secondary N) is 1. The van der Waals surface area contributed by atoms with Gasteiger partial charge >= 0.3 is 0 Å². The molecule has 2 rings (SSSR count). The maximum absolute atomic E-state index is 11.4. The van der Waals surface area contributed by atoms with Crippen molar-refractivity contribution in [2.75, 3.05) is 0 Å². The summed E-state index contributed by atoms with van der Waals surface area (Å²) in [4.78, 5) is 11.4. The molecule has 0 aliphatic carbocycles. The zero-order valence-corrected chi connectivity index (χ0v) is 10.9. The van der Waals surface area contributed by atoms with Crippen LogP contribution in [0.3, 0.4) is 0 Å². The molecule has 1 heterocycles. The fraction of sp³-hybridized carbons (Fsp3) is 0.429. The van der Waals surface area contributed by atoms with E-state index in [1.54, 1.807) is 6.07 Å². The summed E-state index contributed by atoms with van der Waals surface area (Å²) in [5.41, 5.74) is 5.21. The van der Waals surface area contributed by atoms with E-state index in [1.807, 2.05) is 19.1 Å². The molecule has 4 nitrogen and oxygen atoms in total. The maximum atomic E-state index is 11.4. The molecule has 0 saturated heterocycles. The van der Waals surface area contributed by atoms with E-state index in [4.69, 9.17) is 0 Å². The number of amides is 1. The molecule has 1 amide bonds. The van der Waals surface area contributed by atoms with Crippen LogP contribution < -0.4 is 5.43 Å². The van der Waals surface area contributed by atoms with Gasteiger partial charge in [-0.15, -0.1) is 0 Å². The maximum Gasteiger partial charge on any atom is 0.240 e. The first kappa shape index (κ1) is 12.6. The molecule has 1 aromatic rings. The van der Waals surface area contributed by atoms with Crippen molar-refractivity contribution in [2.24, 2.45) is 16.9 Å². The van der Waals surface area contributed by atoms with Gasteiger partial charge in [0.25, 0.3) is 0 Å². The molecule has 1 unspecified atom stereocenters. The number of phenols is 1. The summed E-state index contributed by atoms with van der Waals surface area (Å²) in [7, 11) is 0. The van der Waals surface area contributed by atoms with Gasteiger partial charge in [-0.2, -0.15) is 5.10 Å². The quantitative estimate of drug-likeness (QED) is 0.840. The summed E-state index contributed by atoms with van der Waals surface area (Å²) in [6, 6.07) is 5.41. The Morgan fingerprint density at radius 1 is 1.44 bits per heavy atom. The van der Waals surface area contributed by atoms with E-state index in [0.717, 1.165) is 16.8 Å². The summed E-state index contributed by atoms with van der Waals surface area (Å²) in [5, 5.41) is 13.7. The van der Waals surface area contributed by atoms with Crippen molar-refractivity contribution in [2.45, 2.75) is 27.2 Å². The number of carbonyl (C=O) groups is 1. The number of hydrogen-bond donors (Lipinski definition) is 2. The highest BCUT2D eigenvalue weighted by molar-refractivity contribution is 6.06. The van der Waals surface area contributed by atoms with Crippen LogP contribution in [-0.4, -0.2) is 16.7 Å². The molecule has 1 aromatic carbocycles. The van der Waals surface area contributed by atoms with Crippen LogP contribution in [0.25, 0.3) is 0 Å². The number of aromatic hydroxyl groups is 1. The number of phenolic OH excluding ortho intramolecular Hbond substituents is 1. The number of aryl methyl sites for hydroxylation is 1. The molecule has 0 saturated carbocycles. The van der Waals surface area contributed by atoms with Gasteiger partial charge in [0, 0.05) is 12.3 Å². The van der Waals surface area contributed by atoms with Crippen LogP contribution in [0.15, 0.2) is 23.3 Å². The largest absolute Gasteiger partial charge is 0.508 e. The molecule has 0 aromatic heterocycles. The van der Waals surface area contributed by atoms with E-state index < -0.39 is 0 Å². The van der Waals surface area contributed by atoms with Gasteiger partial charge < -0.3 is 5.11 Å². The zero-order valence-electron chi connectivity index (χ0n) is 10.9. The minimum Gasteiger partial charge on any atom is -0.508 e. The fourth-order valence-electron chi connectivity index (χ4n) is 2.19. The van der Waals surface area contributed by atoms with Crippen molar-refractivity contribution >= 4 is 11.6 Å². The molecular weight excluding hydrogens is 228 g/mol. The van der Waals surface area contributed by atoms with Gasteiger partial charge in [-0.05, 0) is 42.2 Å². The average Bonchev–Trinajstić information content (AvgIpc) is 2.32. The SMILES string of the molecule is Cc1cc(C2=NNC(=O)CC2C(C)C)ccc1O. The number of nitrogens with zero attached hydrogens (tertiary/aromatic N) is 1. The number of hydrogen-bond acceptors (Lipinski definition) is 3. The Morgan fingerprint density at radius 2 is 2.17 bits per heavy atom. The van der Waals surface area contributed by atoms with Gasteiger partial charge in [0.15, 0.2) is 0 Å². The highest BCUT2D eigenvalue weighted by Gasteiger charge is 2.28. The third-order valence-corrected chi connectivity index (χ3v) is 3.35. The summed E-state index contributed by atoms with van der Waals surface area (Å²) in [6.07, 6.45) is 0.469. The Morgan fingerprint density at radius 3 is 2.78 bits per heavy atom. The number of hydrazone groups is 1.